The smallest absolute Gasteiger partial charge is 0.112 e. The van der Waals surface area contributed by atoms with Gasteiger partial charge in [0.1, 0.15) is 5.52 Å². The van der Waals surface area contributed by atoms with Crippen molar-refractivity contribution in [2.24, 2.45) is 0 Å². The van der Waals surface area contributed by atoms with Gasteiger partial charge in [-0.1, -0.05) is 0 Å². The maximum Gasteiger partial charge on any atom is 0.112 e. The summed E-state index contributed by atoms with van der Waals surface area (Å²) >= 11 is 3.42. The van der Waals surface area contributed by atoms with E-state index in [9.17, 15) is 0 Å². The first-order valence-corrected chi connectivity index (χ1v) is 7.50. The third-order valence-electron chi connectivity index (χ3n) is 3.51. The molecule has 1 fully saturated rings. The molecule has 1 atom stereocenters. The molecule has 1 aliphatic rings. The number of halogens is 1. The zero-order chi connectivity index (χ0) is 13.1. The van der Waals surface area contributed by atoms with E-state index in [0.717, 1.165) is 34.2 Å². The molecule has 0 unspecified atom stereocenters. The van der Waals surface area contributed by atoms with Gasteiger partial charge in [-0.25, -0.2) is 0 Å². The average Bonchev–Trinajstić information content (AvgIpc) is 2.92. The number of nitrogens with zero attached hydrogens (tertiary/aromatic N) is 2. The van der Waals surface area contributed by atoms with Crippen molar-refractivity contribution in [3.05, 3.63) is 29.0 Å². The van der Waals surface area contributed by atoms with Crippen LogP contribution in [0.5, 0.6) is 0 Å². The van der Waals surface area contributed by atoms with Crippen LogP contribution in [-0.2, 0) is 0 Å². The largest absolute Gasteiger partial charge is 0.383 e. The van der Waals surface area contributed by atoms with Crippen LogP contribution in [0.1, 0.15) is 19.3 Å². The highest BCUT2D eigenvalue weighted by Crippen LogP contribution is 2.22. The van der Waals surface area contributed by atoms with Crippen molar-refractivity contribution in [3.8, 4) is 0 Å². The van der Waals surface area contributed by atoms with Crippen molar-refractivity contribution < 1.29 is 0 Å². The predicted molar refractivity (Wildman–Crippen MR) is 81.4 cm³/mol. The summed E-state index contributed by atoms with van der Waals surface area (Å²) in [5, 5.41) is 6.99. The molecule has 0 radical (unpaired) electrons. The molecule has 0 aromatic carbocycles. The topological polar surface area (TPSA) is 49.8 Å². The summed E-state index contributed by atoms with van der Waals surface area (Å²) in [5.41, 5.74) is 2.92. The lowest BCUT2D eigenvalue weighted by Gasteiger charge is -2.12. The number of nitrogens with one attached hydrogen (secondary N) is 2. The standard InChI is InChI=1S/C14H17BrN4/c15-10-8-13-14(19-9-10)12(4-7-18-13)17-6-3-11-2-1-5-16-11/h4,7-9,11,16H,1-3,5-6H2,(H,17,18)/t11-/m0/s1. The third-order valence-corrected chi connectivity index (χ3v) is 3.95. The minimum absolute atomic E-state index is 0.669. The molecule has 1 aliphatic heterocycles. The second kappa shape index (κ2) is 5.84. The Balaban J connectivity index is 1.70. The quantitative estimate of drug-likeness (QED) is 0.909. The average molecular weight is 321 g/mol. The highest BCUT2D eigenvalue weighted by molar-refractivity contribution is 9.10. The Morgan fingerprint density at radius 1 is 1.42 bits per heavy atom. The van der Waals surface area contributed by atoms with Gasteiger partial charge in [-0.05, 0) is 53.9 Å². The van der Waals surface area contributed by atoms with E-state index in [1.807, 2.05) is 24.5 Å². The number of fused-ring (bicyclic) bond motifs is 1. The number of aromatic nitrogens is 2. The van der Waals surface area contributed by atoms with Crippen LogP contribution in [0.2, 0.25) is 0 Å². The first kappa shape index (κ1) is 12.8. The van der Waals surface area contributed by atoms with Gasteiger partial charge in [-0.15, -0.1) is 0 Å². The molecule has 0 saturated carbocycles. The molecule has 100 valence electrons. The highest BCUT2D eigenvalue weighted by Gasteiger charge is 2.13. The van der Waals surface area contributed by atoms with Crippen LogP contribution in [0, 0.1) is 0 Å². The van der Waals surface area contributed by atoms with E-state index in [4.69, 9.17) is 0 Å². The Bertz CT molecular complexity index is 566. The monoisotopic (exact) mass is 320 g/mol. The normalized spacial score (nSPS) is 18.9. The predicted octanol–water partition coefficient (Wildman–Crippen LogP) is 2.95. The third kappa shape index (κ3) is 3.04. The van der Waals surface area contributed by atoms with Gasteiger partial charge in [0, 0.05) is 29.5 Å². The summed E-state index contributed by atoms with van der Waals surface area (Å²) in [7, 11) is 0. The molecule has 0 bridgehead atoms. The van der Waals surface area contributed by atoms with Crippen LogP contribution in [0.4, 0.5) is 5.69 Å². The lowest BCUT2D eigenvalue weighted by Crippen LogP contribution is -2.24. The molecule has 2 aromatic heterocycles. The molecule has 2 N–H and O–H groups in total. The highest BCUT2D eigenvalue weighted by atomic mass is 79.9. The van der Waals surface area contributed by atoms with E-state index >= 15 is 0 Å². The Morgan fingerprint density at radius 2 is 2.37 bits per heavy atom. The molecule has 0 aliphatic carbocycles. The minimum Gasteiger partial charge on any atom is -0.383 e. The summed E-state index contributed by atoms with van der Waals surface area (Å²) in [6.45, 7) is 2.13. The Kier molecular flexibility index (Phi) is 3.94. The molecular weight excluding hydrogens is 304 g/mol. The first-order valence-electron chi connectivity index (χ1n) is 6.70. The number of hydrogen-bond acceptors (Lipinski definition) is 4. The van der Waals surface area contributed by atoms with Crippen molar-refractivity contribution in [1.82, 2.24) is 15.3 Å². The van der Waals surface area contributed by atoms with Gasteiger partial charge < -0.3 is 10.6 Å². The van der Waals surface area contributed by atoms with Crippen molar-refractivity contribution >= 4 is 32.7 Å². The van der Waals surface area contributed by atoms with Crippen LogP contribution in [-0.4, -0.2) is 29.1 Å². The molecular formula is C14H17BrN4. The van der Waals surface area contributed by atoms with Crippen molar-refractivity contribution in [2.75, 3.05) is 18.4 Å². The molecule has 3 rings (SSSR count). The molecule has 3 heterocycles. The van der Waals surface area contributed by atoms with Crippen molar-refractivity contribution in [1.29, 1.82) is 0 Å². The van der Waals surface area contributed by atoms with Gasteiger partial charge in [0.25, 0.3) is 0 Å². The summed E-state index contributed by atoms with van der Waals surface area (Å²) in [6.07, 6.45) is 7.39. The maximum atomic E-state index is 4.44. The van der Waals surface area contributed by atoms with Crippen LogP contribution in [0.3, 0.4) is 0 Å². The van der Waals surface area contributed by atoms with Gasteiger partial charge in [-0.3, -0.25) is 9.97 Å². The molecule has 19 heavy (non-hydrogen) atoms. The van der Waals surface area contributed by atoms with E-state index in [-0.39, 0.29) is 0 Å². The van der Waals surface area contributed by atoms with Crippen molar-refractivity contribution in [2.45, 2.75) is 25.3 Å². The lowest BCUT2D eigenvalue weighted by atomic mass is 10.1. The van der Waals surface area contributed by atoms with E-state index in [0.29, 0.717) is 6.04 Å². The van der Waals surface area contributed by atoms with Gasteiger partial charge >= 0.3 is 0 Å². The second-order valence-corrected chi connectivity index (χ2v) is 5.80. The van der Waals surface area contributed by atoms with Crippen LogP contribution >= 0.6 is 15.9 Å². The lowest BCUT2D eigenvalue weighted by molar-refractivity contribution is 0.574. The fourth-order valence-electron chi connectivity index (χ4n) is 2.53. The molecule has 0 spiro atoms. The molecule has 0 amide bonds. The number of hydrogen-bond donors (Lipinski definition) is 2. The molecule has 1 saturated heterocycles. The fourth-order valence-corrected chi connectivity index (χ4v) is 2.85. The second-order valence-electron chi connectivity index (χ2n) is 4.89. The summed E-state index contributed by atoms with van der Waals surface area (Å²) in [6, 6.07) is 4.65. The number of rotatable bonds is 4. The zero-order valence-corrected chi connectivity index (χ0v) is 12.3. The number of pyridine rings is 2. The van der Waals surface area contributed by atoms with E-state index in [2.05, 4.69) is 36.5 Å². The van der Waals surface area contributed by atoms with Crippen LogP contribution < -0.4 is 10.6 Å². The Hall–Kier alpha value is -1.20. The van der Waals surface area contributed by atoms with Gasteiger partial charge in [0.15, 0.2) is 0 Å². The van der Waals surface area contributed by atoms with Gasteiger partial charge in [0.05, 0.1) is 11.2 Å². The molecule has 2 aromatic rings. The van der Waals surface area contributed by atoms with E-state index in [1.165, 1.54) is 19.4 Å². The zero-order valence-electron chi connectivity index (χ0n) is 10.7. The SMILES string of the molecule is Brc1cnc2c(NCC[C@@H]3CCCN3)ccnc2c1. The Labute approximate surface area is 121 Å². The van der Waals surface area contributed by atoms with Crippen LogP contribution in [0.15, 0.2) is 29.0 Å². The molecule has 5 heteroatoms. The van der Waals surface area contributed by atoms with Gasteiger partial charge in [-0.2, -0.15) is 0 Å². The van der Waals surface area contributed by atoms with Crippen molar-refractivity contribution in [3.63, 3.8) is 0 Å². The summed E-state index contributed by atoms with van der Waals surface area (Å²) in [4.78, 5) is 8.79. The van der Waals surface area contributed by atoms with Crippen LogP contribution in [0.25, 0.3) is 11.0 Å². The fraction of sp³-hybridized carbons (Fsp3) is 0.429. The molecule has 4 nitrogen and oxygen atoms in total. The maximum absolute atomic E-state index is 4.44. The minimum atomic E-state index is 0.669. The summed E-state index contributed by atoms with van der Waals surface area (Å²) in [5.74, 6) is 0. The Morgan fingerprint density at radius 3 is 3.21 bits per heavy atom. The van der Waals surface area contributed by atoms with E-state index < -0.39 is 0 Å². The summed E-state index contributed by atoms with van der Waals surface area (Å²) < 4.78 is 0.958. The first-order chi connectivity index (χ1) is 9.33. The van der Waals surface area contributed by atoms with E-state index in [1.54, 1.807) is 0 Å². The van der Waals surface area contributed by atoms with Gasteiger partial charge in [0.2, 0.25) is 0 Å². The number of anilines is 1.